The van der Waals surface area contributed by atoms with Crippen molar-refractivity contribution in [3.8, 4) is 0 Å². The summed E-state index contributed by atoms with van der Waals surface area (Å²) in [6, 6.07) is 9.93. The van der Waals surface area contributed by atoms with Gasteiger partial charge in [-0.2, -0.15) is 0 Å². The molecule has 4 nitrogen and oxygen atoms in total. The van der Waals surface area contributed by atoms with Gasteiger partial charge < -0.3 is 9.11 Å². The maximum atomic E-state index is 13.0. The van der Waals surface area contributed by atoms with E-state index in [-0.39, 0.29) is 6.29 Å². The molecule has 0 N–H and O–H groups in total. The summed E-state index contributed by atoms with van der Waals surface area (Å²) in [5.41, 5.74) is 1.14. The van der Waals surface area contributed by atoms with Crippen LogP contribution in [0.4, 0.5) is 0 Å². The predicted molar refractivity (Wildman–Crippen MR) is 85.7 cm³/mol. The molecular weight excluding hydrogens is 289 g/mol. The summed E-state index contributed by atoms with van der Waals surface area (Å²) in [7, 11) is -3.10. The molecule has 1 rings (SSSR count). The van der Waals surface area contributed by atoms with Gasteiger partial charge in [-0.05, 0) is 31.6 Å². The molecule has 0 bridgehead atoms. The van der Waals surface area contributed by atoms with Gasteiger partial charge in [-0.15, -0.1) is 0 Å². The van der Waals surface area contributed by atoms with Gasteiger partial charge in [0.2, 0.25) is 13.8 Å². The first-order valence-corrected chi connectivity index (χ1v) is 12.1. The van der Waals surface area contributed by atoms with Crippen LogP contribution in [-0.4, -0.2) is 39.1 Å². The molecule has 20 heavy (non-hydrogen) atoms. The van der Waals surface area contributed by atoms with Gasteiger partial charge >= 0.3 is 0 Å². The quantitative estimate of drug-likeness (QED) is 0.420. The Bertz CT molecular complexity index is 473. The SMILES string of the molecule is CN(C=O)CP(=O)(CCc1ccccc1)O[Si](C)(C)C. The molecule has 1 aromatic rings. The Labute approximate surface area is 122 Å². The van der Waals surface area contributed by atoms with Crippen LogP contribution in [0.15, 0.2) is 30.3 Å². The summed E-state index contributed by atoms with van der Waals surface area (Å²) in [4.78, 5) is 12.2. The molecule has 1 aromatic carbocycles. The fourth-order valence-corrected chi connectivity index (χ4v) is 8.04. The van der Waals surface area contributed by atoms with Crippen molar-refractivity contribution in [1.29, 1.82) is 0 Å². The molecular formula is C14H24NO3PSi. The Morgan fingerprint density at radius 3 is 2.35 bits per heavy atom. The third-order valence-electron chi connectivity index (χ3n) is 2.64. The highest BCUT2D eigenvalue weighted by molar-refractivity contribution is 7.60. The first-order valence-electron chi connectivity index (χ1n) is 6.72. The minimum Gasteiger partial charge on any atom is -0.369 e. The second-order valence-corrected chi connectivity index (χ2v) is 13.3. The molecule has 1 atom stereocenters. The second-order valence-electron chi connectivity index (χ2n) is 5.98. The molecule has 0 aliphatic carbocycles. The third kappa shape index (κ3) is 6.50. The van der Waals surface area contributed by atoms with E-state index < -0.39 is 15.7 Å². The molecule has 0 spiro atoms. The number of rotatable bonds is 8. The Kier molecular flexibility index (Phi) is 6.18. The molecule has 1 amide bonds. The van der Waals surface area contributed by atoms with E-state index in [1.807, 2.05) is 50.0 Å². The van der Waals surface area contributed by atoms with Crippen LogP contribution in [0.2, 0.25) is 19.6 Å². The molecule has 0 saturated heterocycles. The highest BCUT2D eigenvalue weighted by Gasteiger charge is 2.31. The standard InChI is InChI=1S/C14H24NO3PSi/c1-15(12-16)13-19(17,18-20(2,3)4)11-10-14-8-6-5-7-9-14/h5-9,12H,10-11,13H2,1-4H3. The van der Waals surface area contributed by atoms with Crippen LogP contribution in [-0.2, 0) is 20.0 Å². The van der Waals surface area contributed by atoms with Crippen molar-refractivity contribution in [2.75, 3.05) is 19.5 Å². The molecule has 6 heteroatoms. The van der Waals surface area contributed by atoms with Crippen molar-refractivity contribution < 1.29 is 13.6 Å². The lowest BCUT2D eigenvalue weighted by Crippen LogP contribution is -2.29. The van der Waals surface area contributed by atoms with E-state index in [1.165, 1.54) is 4.90 Å². The van der Waals surface area contributed by atoms with E-state index in [2.05, 4.69) is 0 Å². The number of hydrogen-bond acceptors (Lipinski definition) is 3. The maximum absolute atomic E-state index is 13.0. The van der Waals surface area contributed by atoms with Gasteiger partial charge in [-0.1, -0.05) is 30.3 Å². The Balaban J connectivity index is 2.77. The minimum absolute atomic E-state index is 0.188. The van der Waals surface area contributed by atoms with Crippen LogP contribution in [0, 0.1) is 0 Å². The molecule has 0 radical (unpaired) electrons. The zero-order valence-electron chi connectivity index (χ0n) is 12.7. The Morgan fingerprint density at radius 2 is 1.85 bits per heavy atom. The second kappa shape index (κ2) is 7.20. The number of carbonyl (C=O) groups is 1. The van der Waals surface area contributed by atoms with Crippen molar-refractivity contribution in [3.05, 3.63) is 35.9 Å². The summed E-state index contributed by atoms with van der Waals surface area (Å²) >= 11 is 0. The average molecular weight is 313 g/mol. The molecule has 0 fully saturated rings. The Morgan fingerprint density at radius 1 is 1.25 bits per heavy atom. The normalized spacial score (nSPS) is 14.6. The van der Waals surface area contributed by atoms with Crippen molar-refractivity contribution in [1.82, 2.24) is 4.90 Å². The minimum atomic E-state index is -2.82. The zero-order chi connectivity index (χ0) is 15.2. The number of carbonyl (C=O) groups excluding carboxylic acids is 1. The molecule has 0 heterocycles. The van der Waals surface area contributed by atoms with Crippen LogP contribution < -0.4 is 0 Å². The van der Waals surface area contributed by atoms with E-state index in [0.717, 1.165) is 5.56 Å². The number of benzene rings is 1. The van der Waals surface area contributed by atoms with E-state index in [4.69, 9.17) is 4.21 Å². The first kappa shape index (κ1) is 17.1. The topological polar surface area (TPSA) is 46.6 Å². The smallest absolute Gasteiger partial charge is 0.212 e. The van der Waals surface area contributed by atoms with Crippen LogP contribution in [0.25, 0.3) is 0 Å². The van der Waals surface area contributed by atoms with Crippen molar-refractivity contribution in [2.45, 2.75) is 26.1 Å². The van der Waals surface area contributed by atoms with Gasteiger partial charge in [0.05, 0.1) is 6.29 Å². The lowest BCUT2D eigenvalue weighted by molar-refractivity contribution is -0.116. The Hall–Kier alpha value is -0.903. The summed E-state index contributed by atoms with van der Waals surface area (Å²) in [6.45, 7) is 6.05. The fourth-order valence-electron chi connectivity index (χ4n) is 1.96. The van der Waals surface area contributed by atoms with Crippen LogP contribution >= 0.6 is 7.37 Å². The van der Waals surface area contributed by atoms with Gasteiger partial charge in [0.15, 0.2) is 8.32 Å². The third-order valence-corrected chi connectivity index (χ3v) is 7.95. The highest BCUT2D eigenvalue weighted by atomic mass is 31.2. The zero-order valence-corrected chi connectivity index (χ0v) is 14.6. The molecule has 112 valence electrons. The van der Waals surface area contributed by atoms with Gasteiger partial charge in [0.25, 0.3) is 0 Å². The summed E-state index contributed by atoms with van der Waals surface area (Å²) in [5.74, 6) is 0. The van der Waals surface area contributed by atoms with Crippen molar-refractivity contribution in [3.63, 3.8) is 0 Å². The van der Waals surface area contributed by atoms with E-state index in [0.29, 0.717) is 19.0 Å². The van der Waals surface area contributed by atoms with Gasteiger partial charge in [-0.3, -0.25) is 9.36 Å². The number of aryl methyl sites for hydroxylation is 1. The summed E-state index contributed by atoms with van der Waals surface area (Å²) < 4.78 is 18.9. The number of nitrogens with zero attached hydrogens (tertiary/aromatic N) is 1. The van der Waals surface area contributed by atoms with E-state index in [9.17, 15) is 9.36 Å². The summed E-state index contributed by atoms with van der Waals surface area (Å²) in [5, 5.41) is 0. The number of amides is 1. The molecule has 0 aliphatic heterocycles. The van der Waals surface area contributed by atoms with Crippen molar-refractivity contribution in [2.24, 2.45) is 0 Å². The fraction of sp³-hybridized carbons (Fsp3) is 0.500. The first-order chi connectivity index (χ1) is 9.24. The van der Waals surface area contributed by atoms with Gasteiger partial charge in [-0.25, -0.2) is 0 Å². The van der Waals surface area contributed by atoms with Gasteiger partial charge in [0, 0.05) is 13.2 Å². The lowest BCUT2D eigenvalue weighted by atomic mass is 10.2. The molecule has 1 unspecified atom stereocenters. The predicted octanol–water partition coefficient (Wildman–Crippen LogP) is 3.40. The molecule has 0 saturated carbocycles. The largest absolute Gasteiger partial charge is 0.369 e. The average Bonchev–Trinajstić information content (AvgIpc) is 2.35. The number of hydrogen-bond donors (Lipinski definition) is 0. The monoisotopic (exact) mass is 313 g/mol. The van der Waals surface area contributed by atoms with Gasteiger partial charge in [0.1, 0.15) is 0 Å². The van der Waals surface area contributed by atoms with E-state index >= 15 is 0 Å². The molecule has 0 aliphatic rings. The molecule has 0 aromatic heterocycles. The van der Waals surface area contributed by atoms with Crippen molar-refractivity contribution >= 4 is 22.1 Å². The highest BCUT2D eigenvalue weighted by Crippen LogP contribution is 2.50. The lowest BCUT2D eigenvalue weighted by Gasteiger charge is -2.28. The van der Waals surface area contributed by atoms with E-state index in [1.54, 1.807) is 7.05 Å². The summed E-state index contributed by atoms with van der Waals surface area (Å²) in [6.07, 6.45) is 2.06. The van der Waals surface area contributed by atoms with Crippen LogP contribution in [0.5, 0.6) is 0 Å². The van der Waals surface area contributed by atoms with Crippen LogP contribution in [0.1, 0.15) is 5.56 Å². The maximum Gasteiger partial charge on any atom is 0.212 e. The van der Waals surface area contributed by atoms with Crippen LogP contribution in [0.3, 0.4) is 0 Å².